The smallest absolute Gasteiger partial charge is 0.408 e. The number of primary amides is 1. The molecule has 1 fully saturated rings. The lowest BCUT2D eigenvalue weighted by molar-refractivity contribution is -0.133. The Balaban J connectivity index is 1.78. The van der Waals surface area contributed by atoms with E-state index in [-0.39, 0.29) is 24.4 Å². The lowest BCUT2D eigenvalue weighted by atomic mass is 9.98. The van der Waals surface area contributed by atoms with Crippen LogP contribution in [0.25, 0.3) is 0 Å². The number of carbonyl (C=O) groups is 5. The molecular formula is C38H55N5O7. The zero-order valence-electron chi connectivity index (χ0n) is 30.6. The second-order valence-electron chi connectivity index (χ2n) is 15.3. The van der Waals surface area contributed by atoms with Crippen LogP contribution in [0.15, 0.2) is 54.6 Å². The van der Waals surface area contributed by atoms with Gasteiger partial charge in [0.25, 0.3) is 0 Å². The van der Waals surface area contributed by atoms with E-state index in [1.165, 1.54) is 0 Å². The van der Waals surface area contributed by atoms with Crippen LogP contribution < -0.4 is 31.7 Å². The summed E-state index contributed by atoms with van der Waals surface area (Å²) in [5, 5.41) is 11.3. The van der Waals surface area contributed by atoms with Crippen molar-refractivity contribution in [2.24, 2.45) is 17.6 Å². The molecule has 5 amide bonds. The van der Waals surface area contributed by atoms with Crippen molar-refractivity contribution in [2.45, 2.75) is 123 Å². The van der Waals surface area contributed by atoms with E-state index in [9.17, 15) is 24.0 Å². The van der Waals surface area contributed by atoms with E-state index in [1.54, 1.807) is 34.6 Å². The summed E-state index contributed by atoms with van der Waals surface area (Å²) in [5.74, 6) is -2.26. The Morgan fingerprint density at radius 3 is 1.88 bits per heavy atom. The molecule has 1 saturated carbocycles. The standard InChI is InChI=1S/C38H55N5O7/c1-23(2)31(32(39)44)43-35(47)29(21-24-13-10-9-11-14-24)41-33(45)27-15-12-16-28(27)40-34(46)30(42-36(48)50-38(6,7)8)22-25-17-19-26(20-18-25)49-37(3,4)5/h9-11,13-14,17-20,23,27-31H,12,15-16,21-22H2,1-8H3,(H2,39,44)(H,40,46)(H,41,45)(H,42,48)(H,43,47)/t27-,28+,29?,30?,31?/m0/s1. The summed E-state index contributed by atoms with van der Waals surface area (Å²) < 4.78 is 11.4. The lowest BCUT2D eigenvalue weighted by Gasteiger charge is -2.28. The van der Waals surface area contributed by atoms with E-state index >= 15 is 0 Å². The van der Waals surface area contributed by atoms with Crippen LogP contribution in [-0.4, -0.2) is 65.1 Å². The van der Waals surface area contributed by atoms with Crippen LogP contribution in [0.5, 0.6) is 5.75 Å². The van der Waals surface area contributed by atoms with Crippen LogP contribution in [0.3, 0.4) is 0 Å². The van der Waals surface area contributed by atoms with Crippen LogP contribution in [0.1, 0.15) is 85.8 Å². The molecule has 0 heterocycles. The van der Waals surface area contributed by atoms with Crippen LogP contribution in [-0.2, 0) is 36.8 Å². The molecular weight excluding hydrogens is 638 g/mol. The maximum absolute atomic E-state index is 13.8. The molecule has 2 aromatic carbocycles. The third-order valence-corrected chi connectivity index (χ3v) is 8.16. The van der Waals surface area contributed by atoms with Gasteiger partial charge < -0.3 is 36.5 Å². The highest BCUT2D eigenvalue weighted by molar-refractivity contribution is 5.93. The van der Waals surface area contributed by atoms with Crippen LogP contribution in [0.4, 0.5) is 4.79 Å². The molecule has 0 aliphatic heterocycles. The Bertz CT molecular complexity index is 1470. The van der Waals surface area contributed by atoms with Crippen LogP contribution in [0, 0.1) is 11.8 Å². The number of amides is 5. The molecule has 5 atom stereocenters. The Labute approximate surface area is 296 Å². The molecule has 6 N–H and O–H groups in total. The highest BCUT2D eigenvalue weighted by Gasteiger charge is 2.38. The fourth-order valence-electron chi connectivity index (χ4n) is 5.83. The van der Waals surface area contributed by atoms with Crippen molar-refractivity contribution in [2.75, 3.05) is 0 Å². The Hall–Kier alpha value is -4.61. The minimum absolute atomic E-state index is 0.167. The Morgan fingerprint density at radius 2 is 1.34 bits per heavy atom. The molecule has 0 bridgehead atoms. The van der Waals surface area contributed by atoms with Gasteiger partial charge >= 0.3 is 6.09 Å². The molecule has 12 heteroatoms. The minimum Gasteiger partial charge on any atom is -0.488 e. The fraction of sp³-hybridized carbons (Fsp3) is 0.553. The van der Waals surface area contributed by atoms with Gasteiger partial charge in [-0.3, -0.25) is 19.2 Å². The predicted molar refractivity (Wildman–Crippen MR) is 191 cm³/mol. The highest BCUT2D eigenvalue weighted by atomic mass is 16.6. The average molecular weight is 694 g/mol. The monoisotopic (exact) mass is 693 g/mol. The summed E-state index contributed by atoms with van der Waals surface area (Å²) in [4.78, 5) is 65.9. The van der Waals surface area contributed by atoms with Crippen molar-refractivity contribution in [3.63, 3.8) is 0 Å². The molecule has 2 aromatic rings. The number of benzene rings is 2. The zero-order chi connectivity index (χ0) is 37.2. The van der Waals surface area contributed by atoms with Crippen molar-refractivity contribution in [1.29, 1.82) is 0 Å². The summed E-state index contributed by atoms with van der Waals surface area (Å²) in [6.07, 6.45) is 1.32. The maximum atomic E-state index is 13.8. The van der Waals surface area contributed by atoms with Gasteiger partial charge in [-0.1, -0.05) is 62.7 Å². The molecule has 1 aliphatic rings. The molecule has 0 spiro atoms. The van der Waals surface area contributed by atoms with E-state index in [0.717, 1.165) is 11.1 Å². The van der Waals surface area contributed by atoms with Crippen LogP contribution in [0.2, 0.25) is 0 Å². The summed E-state index contributed by atoms with van der Waals surface area (Å²) in [6, 6.07) is 13.1. The summed E-state index contributed by atoms with van der Waals surface area (Å²) >= 11 is 0. The number of hydrogen-bond donors (Lipinski definition) is 5. The maximum Gasteiger partial charge on any atom is 0.408 e. The topological polar surface area (TPSA) is 178 Å². The first-order valence-electron chi connectivity index (χ1n) is 17.3. The van der Waals surface area contributed by atoms with E-state index < -0.39 is 65.4 Å². The molecule has 50 heavy (non-hydrogen) atoms. The average Bonchev–Trinajstić information content (AvgIpc) is 3.46. The normalized spacial score (nSPS) is 17.9. The number of alkyl carbamates (subject to hydrolysis) is 1. The number of ether oxygens (including phenoxy) is 2. The predicted octanol–water partition coefficient (Wildman–Crippen LogP) is 3.94. The molecule has 3 rings (SSSR count). The van der Waals surface area contributed by atoms with Gasteiger partial charge in [-0.2, -0.15) is 0 Å². The van der Waals surface area contributed by atoms with Gasteiger partial charge in [0.1, 0.15) is 35.1 Å². The van der Waals surface area contributed by atoms with Crippen molar-refractivity contribution >= 4 is 29.7 Å². The van der Waals surface area contributed by atoms with E-state index in [0.29, 0.717) is 25.0 Å². The molecule has 3 unspecified atom stereocenters. The number of nitrogens with two attached hydrogens (primary N) is 1. The fourth-order valence-corrected chi connectivity index (χ4v) is 5.83. The van der Waals surface area contributed by atoms with Crippen molar-refractivity contribution in [1.82, 2.24) is 21.3 Å². The minimum atomic E-state index is -0.998. The second kappa shape index (κ2) is 17.4. The molecule has 0 radical (unpaired) electrons. The van der Waals surface area contributed by atoms with Gasteiger partial charge in [-0.05, 0) is 83.6 Å². The first-order chi connectivity index (χ1) is 23.3. The molecule has 0 saturated heterocycles. The summed E-state index contributed by atoms with van der Waals surface area (Å²) in [5.41, 5.74) is 5.99. The van der Waals surface area contributed by atoms with Gasteiger partial charge in [0, 0.05) is 18.9 Å². The highest BCUT2D eigenvalue weighted by Crippen LogP contribution is 2.27. The largest absolute Gasteiger partial charge is 0.488 e. The zero-order valence-corrected chi connectivity index (χ0v) is 30.6. The van der Waals surface area contributed by atoms with Gasteiger partial charge in [0.2, 0.25) is 23.6 Å². The third-order valence-electron chi connectivity index (χ3n) is 8.16. The molecule has 1 aliphatic carbocycles. The second-order valence-corrected chi connectivity index (χ2v) is 15.3. The number of hydrogen-bond acceptors (Lipinski definition) is 7. The Kier molecular flexibility index (Phi) is 13.8. The number of rotatable bonds is 14. The van der Waals surface area contributed by atoms with E-state index in [4.69, 9.17) is 15.2 Å². The van der Waals surface area contributed by atoms with Crippen molar-refractivity contribution in [3.05, 3.63) is 65.7 Å². The lowest BCUT2D eigenvalue weighted by Crippen LogP contribution is -2.57. The van der Waals surface area contributed by atoms with Crippen molar-refractivity contribution < 1.29 is 33.4 Å². The molecule has 12 nitrogen and oxygen atoms in total. The van der Waals surface area contributed by atoms with Crippen molar-refractivity contribution in [3.8, 4) is 5.75 Å². The first-order valence-corrected chi connectivity index (χ1v) is 17.3. The Morgan fingerprint density at radius 1 is 0.760 bits per heavy atom. The van der Waals surface area contributed by atoms with E-state index in [2.05, 4.69) is 21.3 Å². The number of nitrogens with one attached hydrogen (secondary N) is 4. The summed E-state index contributed by atoms with van der Waals surface area (Å²) in [6.45, 7) is 14.6. The van der Waals surface area contributed by atoms with Crippen LogP contribution >= 0.6 is 0 Å². The quantitative estimate of drug-likeness (QED) is 0.199. The SMILES string of the molecule is CC(C)C(NC(=O)C(Cc1ccccc1)NC(=O)[C@H]1CCC[C@H]1NC(=O)C(Cc1ccc(OC(C)(C)C)cc1)NC(=O)OC(C)(C)C)C(N)=O. The molecule has 274 valence electrons. The third kappa shape index (κ3) is 13.0. The molecule has 0 aromatic heterocycles. The van der Waals surface area contributed by atoms with Gasteiger partial charge in [0.05, 0.1) is 5.92 Å². The van der Waals surface area contributed by atoms with Gasteiger partial charge in [-0.25, -0.2) is 4.79 Å². The first kappa shape index (κ1) is 39.8. The van der Waals surface area contributed by atoms with Gasteiger partial charge in [-0.15, -0.1) is 0 Å². The summed E-state index contributed by atoms with van der Waals surface area (Å²) in [7, 11) is 0. The number of carbonyl (C=O) groups excluding carboxylic acids is 5. The van der Waals surface area contributed by atoms with E-state index in [1.807, 2.05) is 75.4 Å². The van der Waals surface area contributed by atoms with Gasteiger partial charge in [0.15, 0.2) is 0 Å².